The van der Waals surface area contributed by atoms with Crippen LogP contribution < -0.4 is 5.73 Å². The zero-order valence-electron chi connectivity index (χ0n) is 9.36. The molecule has 0 radical (unpaired) electrons. The Bertz CT molecular complexity index is 501. The number of amides is 1. The van der Waals surface area contributed by atoms with Gasteiger partial charge in [-0.25, -0.2) is 0 Å². The molecule has 0 bridgehead atoms. The van der Waals surface area contributed by atoms with Gasteiger partial charge in [-0.3, -0.25) is 4.79 Å². The molecule has 1 amide bonds. The number of carbonyl (C=O) groups excluding carboxylic acids is 1. The summed E-state index contributed by atoms with van der Waals surface area (Å²) in [5, 5.41) is 1.16. The molecule has 1 aromatic carbocycles. The number of hydrogen-bond acceptors (Lipinski definition) is 1. The summed E-state index contributed by atoms with van der Waals surface area (Å²) < 4.78 is 0. The number of benzene rings is 1. The van der Waals surface area contributed by atoms with Crippen LogP contribution in [0.15, 0.2) is 30.5 Å². The lowest BCUT2D eigenvalue weighted by molar-refractivity contribution is -0.119. The minimum Gasteiger partial charge on any atom is -0.369 e. The Labute approximate surface area is 94.6 Å². The summed E-state index contributed by atoms with van der Waals surface area (Å²) in [7, 11) is 0. The molecule has 2 aromatic rings. The number of nitrogens with one attached hydrogen (secondary N) is 1. The lowest BCUT2D eigenvalue weighted by atomic mass is 9.93. The maximum absolute atomic E-state index is 11.4. The summed E-state index contributed by atoms with van der Waals surface area (Å²) in [4.78, 5) is 14.5. The second-order valence-corrected chi connectivity index (χ2v) is 4.07. The number of H-pyrrole nitrogens is 1. The zero-order valence-corrected chi connectivity index (χ0v) is 9.36. The van der Waals surface area contributed by atoms with E-state index in [9.17, 15) is 4.79 Å². The highest BCUT2D eigenvalue weighted by atomic mass is 16.1. The first kappa shape index (κ1) is 10.7. The van der Waals surface area contributed by atoms with Crippen LogP contribution in [0, 0.1) is 0 Å². The van der Waals surface area contributed by atoms with Crippen LogP contribution in [0.4, 0.5) is 0 Å². The standard InChI is InChI=1S/C13H16N2O/c1-2-3-11(13(14)16)10-5-4-9-6-7-15-12(9)8-10/h4-8,11,15H,2-3H2,1H3,(H2,14,16). The fraction of sp³-hybridized carbons (Fsp3) is 0.308. The first-order chi connectivity index (χ1) is 7.72. The highest BCUT2D eigenvalue weighted by molar-refractivity contribution is 5.85. The molecule has 0 aliphatic carbocycles. The van der Waals surface area contributed by atoms with Crippen molar-refractivity contribution in [1.82, 2.24) is 4.98 Å². The molecule has 3 N–H and O–H groups in total. The average molecular weight is 216 g/mol. The summed E-state index contributed by atoms with van der Waals surface area (Å²) in [5.41, 5.74) is 7.48. The van der Waals surface area contributed by atoms with E-state index in [0.717, 1.165) is 29.3 Å². The predicted molar refractivity (Wildman–Crippen MR) is 65.1 cm³/mol. The Hall–Kier alpha value is -1.77. The number of hydrogen-bond donors (Lipinski definition) is 2. The van der Waals surface area contributed by atoms with Crippen molar-refractivity contribution in [1.29, 1.82) is 0 Å². The van der Waals surface area contributed by atoms with E-state index >= 15 is 0 Å². The normalized spacial score (nSPS) is 12.8. The molecular weight excluding hydrogens is 200 g/mol. The Balaban J connectivity index is 2.39. The Kier molecular flexibility index (Phi) is 2.95. The smallest absolute Gasteiger partial charge is 0.224 e. The van der Waals surface area contributed by atoms with Crippen molar-refractivity contribution in [2.24, 2.45) is 5.73 Å². The van der Waals surface area contributed by atoms with Crippen molar-refractivity contribution in [3.8, 4) is 0 Å². The first-order valence-electron chi connectivity index (χ1n) is 5.58. The topological polar surface area (TPSA) is 58.9 Å². The molecule has 0 aliphatic rings. The monoisotopic (exact) mass is 216 g/mol. The molecule has 0 saturated heterocycles. The lowest BCUT2D eigenvalue weighted by Gasteiger charge is -2.12. The van der Waals surface area contributed by atoms with Crippen LogP contribution in [0.2, 0.25) is 0 Å². The zero-order chi connectivity index (χ0) is 11.5. The molecule has 0 spiro atoms. The Morgan fingerprint density at radius 1 is 1.44 bits per heavy atom. The molecule has 1 unspecified atom stereocenters. The fourth-order valence-electron chi connectivity index (χ4n) is 2.04. The number of nitrogens with two attached hydrogens (primary N) is 1. The van der Waals surface area contributed by atoms with Crippen LogP contribution in [0.3, 0.4) is 0 Å². The molecule has 2 rings (SSSR count). The number of rotatable bonds is 4. The van der Waals surface area contributed by atoms with Gasteiger partial charge < -0.3 is 10.7 Å². The summed E-state index contributed by atoms with van der Waals surface area (Å²) >= 11 is 0. The van der Waals surface area contributed by atoms with Crippen LogP contribution in [-0.4, -0.2) is 10.9 Å². The lowest BCUT2D eigenvalue weighted by Crippen LogP contribution is -2.21. The Morgan fingerprint density at radius 2 is 2.25 bits per heavy atom. The minimum absolute atomic E-state index is 0.169. The van der Waals surface area contributed by atoms with E-state index in [1.165, 1.54) is 0 Å². The van der Waals surface area contributed by atoms with Gasteiger partial charge in [-0.05, 0) is 29.5 Å². The highest BCUT2D eigenvalue weighted by Crippen LogP contribution is 2.24. The van der Waals surface area contributed by atoms with Gasteiger partial charge in [-0.1, -0.05) is 25.5 Å². The largest absolute Gasteiger partial charge is 0.369 e. The number of primary amides is 1. The molecule has 1 heterocycles. The molecular formula is C13H16N2O. The maximum Gasteiger partial charge on any atom is 0.224 e. The molecule has 84 valence electrons. The predicted octanol–water partition coefficient (Wildman–Crippen LogP) is 2.54. The number of aromatic nitrogens is 1. The van der Waals surface area contributed by atoms with E-state index in [2.05, 4.69) is 11.9 Å². The SMILES string of the molecule is CCCC(C(N)=O)c1ccc2cc[nH]c2c1. The minimum atomic E-state index is -0.243. The fourth-order valence-corrected chi connectivity index (χ4v) is 2.04. The van der Waals surface area contributed by atoms with Gasteiger partial charge in [0.15, 0.2) is 0 Å². The van der Waals surface area contributed by atoms with Crippen molar-refractivity contribution >= 4 is 16.8 Å². The van der Waals surface area contributed by atoms with E-state index < -0.39 is 0 Å². The van der Waals surface area contributed by atoms with Crippen LogP contribution in [0.5, 0.6) is 0 Å². The van der Waals surface area contributed by atoms with E-state index in [1.807, 2.05) is 30.5 Å². The number of carbonyl (C=O) groups is 1. The van der Waals surface area contributed by atoms with E-state index in [0.29, 0.717) is 0 Å². The molecule has 3 heteroatoms. The van der Waals surface area contributed by atoms with Gasteiger partial charge in [0.05, 0.1) is 5.92 Å². The number of aromatic amines is 1. The third kappa shape index (κ3) is 1.94. The third-order valence-electron chi connectivity index (χ3n) is 2.90. The van der Waals surface area contributed by atoms with Gasteiger partial charge in [0.1, 0.15) is 0 Å². The summed E-state index contributed by atoms with van der Waals surface area (Å²) in [6.45, 7) is 2.06. The van der Waals surface area contributed by atoms with E-state index in [1.54, 1.807) is 0 Å². The quantitative estimate of drug-likeness (QED) is 0.810. The van der Waals surface area contributed by atoms with E-state index in [4.69, 9.17) is 5.73 Å². The van der Waals surface area contributed by atoms with Gasteiger partial charge in [-0.15, -0.1) is 0 Å². The van der Waals surface area contributed by atoms with Crippen molar-refractivity contribution in [3.05, 3.63) is 36.0 Å². The molecule has 0 fully saturated rings. The molecule has 1 aromatic heterocycles. The van der Waals surface area contributed by atoms with Crippen molar-refractivity contribution < 1.29 is 4.79 Å². The van der Waals surface area contributed by atoms with Crippen LogP contribution >= 0.6 is 0 Å². The van der Waals surface area contributed by atoms with Gasteiger partial charge in [-0.2, -0.15) is 0 Å². The second kappa shape index (κ2) is 4.39. The highest BCUT2D eigenvalue weighted by Gasteiger charge is 2.16. The summed E-state index contributed by atoms with van der Waals surface area (Å²) in [6, 6.07) is 8.03. The second-order valence-electron chi connectivity index (χ2n) is 4.07. The van der Waals surface area contributed by atoms with Gasteiger partial charge in [0.25, 0.3) is 0 Å². The van der Waals surface area contributed by atoms with Crippen molar-refractivity contribution in [3.63, 3.8) is 0 Å². The average Bonchev–Trinajstić information content (AvgIpc) is 2.72. The van der Waals surface area contributed by atoms with Gasteiger partial charge >= 0.3 is 0 Å². The van der Waals surface area contributed by atoms with Crippen LogP contribution in [0.25, 0.3) is 10.9 Å². The van der Waals surface area contributed by atoms with Crippen molar-refractivity contribution in [2.75, 3.05) is 0 Å². The third-order valence-corrected chi connectivity index (χ3v) is 2.90. The molecule has 1 atom stereocenters. The molecule has 0 aliphatic heterocycles. The Morgan fingerprint density at radius 3 is 2.94 bits per heavy atom. The van der Waals surface area contributed by atoms with Gasteiger partial charge in [0.2, 0.25) is 5.91 Å². The van der Waals surface area contributed by atoms with Crippen LogP contribution in [-0.2, 0) is 4.79 Å². The van der Waals surface area contributed by atoms with Crippen LogP contribution in [0.1, 0.15) is 31.2 Å². The summed E-state index contributed by atoms with van der Waals surface area (Å²) in [6.07, 6.45) is 3.66. The number of fused-ring (bicyclic) bond motifs is 1. The molecule has 16 heavy (non-hydrogen) atoms. The molecule has 0 saturated carbocycles. The summed E-state index contributed by atoms with van der Waals surface area (Å²) in [5.74, 6) is -0.412. The van der Waals surface area contributed by atoms with Crippen molar-refractivity contribution in [2.45, 2.75) is 25.7 Å². The van der Waals surface area contributed by atoms with E-state index in [-0.39, 0.29) is 11.8 Å². The first-order valence-corrected chi connectivity index (χ1v) is 5.58. The maximum atomic E-state index is 11.4. The molecule has 3 nitrogen and oxygen atoms in total. The van der Waals surface area contributed by atoms with Gasteiger partial charge in [0, 0.05) is 11.7 Å².